The molecule has 0 radical (unpaired) electrons. The van der Waals surface area contributed by atoms with E-state index in [1.165, 1.54) is 17.7 Å². The zero-order valence-electron chi connectivity index (χ0n) is 19.9. The van der Waals surface area contributed by atoms with E-state index in [1.807, 2.05) is 17.9 Å². The molecule has 36 heavy (non-hydrogen) atoms. The molecular formula is C25H26N6O4S. The molecular weight excluding hydrogens is 480 g/mol. The number of aromatic nitrogens is 3. The summed E-state index contributed by atoms with van der Waals surface area (Å²) in [5.41, 5.74) is 0.613. The number of hydrogen-bond donors (Lipinski definition) is 2. The largest absolute Gasteiger partial charge is 0.374 e. The van der Waals surface area contributed by atoms with Crippen LogP contribution in [0.1, 0.15) is 64.2 Å². The molecule has 4 aliphatic rings. The number of likely N-dealkylation sites (tertiary alicyclic amines) is 1. The Kier molecular flexibility index (Phi) is 4.78. The Labute approximate surface area is 210 Å². The van der Waals surface area contributed by atoms with Crippen LogP contribution in [0, 0.1) is 6.92 Å². The van der Waals surface area contributed by atoms with Gasteiger partial charge in [0.05, 0.1) is 29.0 Å². The number of amides is 2. The highest BCUT2D eigenvalue weighted by Gasteiger charge is 2.45. The molecule has 2 bridgehead atoms. The summed E-state index contributed by atoms with van der Waals surface area (Å²) in [5, 5.41) is 7.01. The minimum absolute atomic E-state index is 0.0166. The average molecular weight is 507 g/mol. The maximum Gasteiger partial charge on any atom is 0.276 e. The van der Waals surface area contributed by atoms with Crippen LogP contribution < -0.4 is 16.2 Å². The molecule has 2 amide bonds. The second kappa shape index (κ2) is 7.84. The normalized spacial score (nSPS) is 23.9. The number of ether oxygens (including phenoxy) is 1. The van der Waals surface area contributed by atoms with E-state index in [0.29, 0.717) is 45.4 Å². The monoisotopic (exact) mass is 506 g/mol. The van der Waals surface area contributed by atoms with Crippen molar-refractivity contribution in [2.75, 3.05) is 18.5 Å². The molecule has 7 rings (SSSR count). The number of rotatable bonds is 3. The highest BCUT2D eigenvalue weighted by atomic mass is 32.1. The summed E-state index contributed by atoms with van der Waals surface area (Å²) in [7, 11) is 0. The first-order valence-electron chi connectivity index (χ1n) is 12.5. The van der Waals surface area contributed by atoms with Gasteiger partial charge in [0, 0.05) is 6.54 Å². The second-order valence-electron chi connectivity index (χ2n) is 10.3. The van der Waals surface area contributed by atoms with Crippen molar-refractivity contribution in [1.82, 2.24) is 24.8 Å². The number of aryl methyl sites for hydroxylation is 1. The van der Waals surface area contributed by atoms with Gasteiger partial charge in [0.2, 0.25) is 0 Å². The van der Waals surface area contributed by atoms with Crippen molar-refractivity contribution in [3.05, 3.63) is 44.9 Å². The van der Waals surface area contributed by atoms with E-state index in [-0.39, 0.29) is 29.5 Å². The lowest BCUT2D eigenvalue weighted by molar-refractivity contribution is 0.0262. The van der Waals surface area contributed by atoms with E-state index in [2.05, 4.69) is 20.6 Å². The van der Waals surface area contributed by atoms with Crippen molar-refractivity contribution in [3.63, 3.8) is 0 Å². The fourth-order valence-electron chi connectivity index (χ4n) is 6.31. The Bertz CT molecular complexity index is 1490. The van der Waals surface area contributed by atoms with Crippen molar-refractivity contribution in [1.29, 1.82) is 0 Å². The average Bonchev–Trinajstić information content (AvgIpc) is 3.65. The fourth-order valence-corrected chi connectivity index (χ4v) is 7.27. The van der Waals surface area contributed by atoms with Gasteiger partial charge in [-0.3, -0.25) is 19.0 Å². The molecule has 2 N–H and O–H groups in total. The van der Waals surface area contributed by atoms with Gasteiger partial charge in [-0.05, 0) is 56.7 Å². The molecule has 11 heteroatoms. The van der Waals surface area contributed by atoms with Crippen LogP contribution in [0.4, 0.5) is 11.5 Å². The molecule has 3 aromatic rings. The van der Waals surface area contributed by atoms with Crippen LogP contribution in [-0.4, -0.2) is 56.5 Å². The number of hydrogen-bond acceptors (Lipinski definition) is 8. The molecule has 3 fully saturated rings. The van der Waals surface area contributed by atoms with Crippen LogP contribution in [0.3, 0.4) is 0 Å². The predicted molar refractivity (Wildman–Crippen MR) is 134 cm³/mol. The van der Waals surface area contributed by atoms with Crippen LogP contribution in [0.25, 0.3) is 10.2 Å². The molecule has 1 aliphatic carbocycles. The number of anilines is 2. The van der Waals surface area contributed by atoms with Crippen LogP contribution in [0.5, 0.6) is 0 Å². The summed E-state index contributed by atoms with van der Waals surface area (Å²) in [6.07, 6.45) is 6.98. The number of thiophene rings is 1. The molecule has 0 unspecified atom stereocenters. The number of morpholine rings is 1. The summed E-state index contributed by atoms with van der Waals surface area (Å²) in [4.78, 5) is 51.7. The molecule has 1 spiro atoms. The van der Waals surface area contributed by atoms with Crippen LogP contribution >= 0.6 is 11.3 Å². The first kappa shape index (κ1) is 21.9. The van der Waals surface area contributed by atoms with Crippen LogP contribution in [0.15, 0.2) is 23.3 Å². The summed E-state index contributed by atoms with van der Waals surface area (Å²) in [6.45, 7) is 3.06. The fraction of sp³-hybridized carbons (Fsp3) is 0.480. The minimum Gasteiger partial charge on any atom is -0.374 e. The third-order valence-electron chi connectivity index (χ3n) is 8.02. The zero-order chi connectivity index (χ0) is 24.6. The standard InChI is InChI=1S/C25H26N6O4S/c1-13-7-17(23(33)31-19(13)21(32)29-25(31)5-3-2-4-6-25)28-20-16-9-18(36-22(16)27-12-26-20)24(34)30-10-15-8-14(30)11-35-15/h7,9,12,14-15H,2-6,8,10-11H2,1H3,(H,29,32)(H,26,27,28)/t14-,15-/m1/s1. The number of nitrogens with zero attached hydrogens (tertiary/aromatic N) is 4. The Hall–Kier alpha value is -3.31. The van der Waals surface area contributed by atoms with E-state index < -0.39 is 5.66 Å². The van der Waals surface area contributed by atoms with Gasteiger partial charge in [-0.25, -0.2) is 9.97 Å². The summed E-state index contributed by atoms with van der Waals surface area (Å²) >= 11 is 1.33. The van der Waals surface area contributed by atoms with Gasteiger partial charge < -0.3 is 20.3 Å². The number of fused-ring (bicyclic) bond motifs is 5. The van der Waals surface area contributed by atoms with Gasteiger partial charge in [-0.1, -0.05) is 6.42 Å². The van der Waals surface area contributed by atoms with E-state index in [4.69, 9.17) is 4.74 Å². The molecule has 186 valence electrons. The summed E-state index contributed by atoms with van der Waals surface area (Å²) in [5.74, 6) is 0.259. The quantitative estimate of drug-likeness (QED) is 0.561. The Morgan fingerprint density at radius 1 is 1.22 bits per heavy atom. The van der Waals surface area contributed by atoms with Crippen molar-refractivity contribution < 1.29 is 14.3 Å². The molecule has 6 heterocycles. The topological polar surface area (TPSA) is 118 Å². The molecule has 1 saturated carbocycles. The van der Waals surface area contributed by atoms with Gasteiger partial charge in [0.15, 0.2) is 0 Å². The third kappa shape index (κ3) is 3.15. The van der Waals surface area contributed by atoms with Crippen molar-refractivity contribution in [3.8, 4) is 0 Å². The number of pyridine rings is 1. The van der Waals surface area contributed by atoms with Crippen molar-refractivity contribution in [2.45, 2.75) is 63.3 Å². The molecule has 2 saturated heterocycles. The van der Waals surface area contributed by atoms with Gasteiger partial charge in [-0.15, -0.1) is 11.3 Å². The number of nitrogens with one attached hydrogen (secondary N) is 2. The Morgan fingerprint density at radius 2 is 2.06 bits per heavy atom. The summed E-state index contributed by atoms with van der Waals surface area (Å²) in [6, 6.07) is 3.65. The third-order valence-corrected chi connectivity index (χ3v) is 9.05. The molecule has 0 aromatic carbocycles. The van der Waals surface area contributed by atoms with Gasteiger partial charge in [0.1, 0.15) is 34.0 Å². The zero-order valence-corrected chi connectivity index (χ0v) is 20.7. The first-order chi connectivity index (χ1) is 17.4. The molecule has 3 aliphatic heterocycles. The van der Waals surface area contributed by atoms with Crippen LogP contribution in [0.2, 0.25) is 0 Å². The maximum atomic E-state index is 13.7. The number of carbonyl (C=O) groups excluding carboxylic acids is 2. The van der Waals surface area contributed by atoms with E-state index >= 15 is 0 Å². The SMILES string of the molecule is Cc1cc(Nc2ncnc3sc(C(=O)N4C[C@H]5C[C@@H]4CO5)cc23)c(=O)n2c1C(=O)NC21CCCCC1. The minimum atomic E-state index is -0.661. The van der Waals surface area contributed by atoms with Crippen molar-refractivity contribution >= 4 is 44.9 Å². The van der Waals surface area contributed by atoms with Gasteiger partial charge in [0.25, 0.3) is 17.4 Å². The smallest absolute Gasteiger partial charge is 0.276 e. The van der Waals surface area contributed by atoms with Gasteiger partial charge in [-0.2, -0.15) is 0 Å². The molecule has 3 aromatic heterocycles. The van der Waals surface area contributed by atoms with E-state index in [1.54, 1.807) is 10.6 Å². The predicted octanol–water partition coefficient (Wildman–Crippen LogP) is 2.88. The maximum absolute atomic E-state index is 13.7. The Morgan fingerprint density at radius 3 is 2.81 bits per heavy atom. The lowest BCUT2D eigenvalue weighted by atomic mass is 9.89. The number of carbonyl (C=O) groups is 2. The van der Waals surface area contributed by atoms with Gasteiger partial charge >= 0.3 is 0 Å². The Balaban J connectivity index is 1.26. The van der Waals surface area contributed by atoms with Crippen LogP contribution in [-0.2, 0) is 10.4 Å². The molecule has 10 nitrogen and oxygen atoms in total. The van der Waals surface area contributed by atoms with E-state index in [0.717, 1.165) is 44.1 Å². The highest BCUT2D eigenvalue weighted by molar-refractivity contribution is 7.20. The van der Waals surface area contributed by atoms with E-state index in [9.17, 15) is 14.4 Å². The molecule has 2 atom stereocenters. The highest BCUT2D eigenvalue weighted by Crippen LogP contribution is 2.38. The van der Waals surface area contributed by atoms with Crippen molar-refractivity contribution in [2.24, 2.45) is 0 Å². The lowest BCUT2D eigenvalue weighted by Gasteiger charge is -2.35. The second-order valence-corrected chi connectivity index (χ2v) is 11.3. The first-order valence-corrected chi connectivity index (χ1v) is 13.3. The lowest BCUT2D eigenvalue weighted by Crippen LogP contribution is -2.48. The summed E-state index contributed by atoms with van der Waals surface area (Å²) < 4.78 is 7.30.